The summed E-state index contributed by atoms with van der Waals surface area (Å²) in [7, 11) is 1.97. The van der Waals surface area contributed by atoms with Gasteiger partial charge in [-0.3, -0.25) is 0 Å². The molecule has 0 radical (unpaired) electrons. The van der Waals surface area contributed by atoms with E-state index in [1.807, 2.05) is 23.8 Å². The fourth-order valence-corrected chi connectivity index (χ4v) is 2.06. The van der Waals surface area contributed by atoms with Crippen LogP contribution in [0.3, 0.4) is 0 Å². The standard InChI is InChI=1S/C13H20N4/c1-9(2)11(8-14-4)12-15-13-10(3)6-5-7-17(13)16-12/h5-7,9,11,14H,8H2,1-4H3. The molecule has 92 valence electrons. The lowest BCUT2D eigenvalue weighted by atomic mass is 9.95. The number of fused-ring (bicyclic) bond motifs is 1. The minimum atomic E-state index is 0.360. The number of nitrogens with one attached hydrogen (secondary N) is 1. The fraction of sp³-hybridized carbons (Fsp3) is 0.538. The molecule has 0 aliphatic rings. The molecule has 1 atom stereocenters. The Morgan fingerprint density at radius 1 is 1.41 bits per heavy atom. The molecule has 0 spiro atoms. The van der Waals surface area contributed by atoms with Gasteiger partial charge < -0.3 is 5.32 Å². The monoisotopic (exact) mass is 232 g/mol. The highest BCUT2D eigenvalue weighted by Crippen LogP contribution is 2.21. The van der Waals surface area contributed by atoms with Crippen LogP contribution in [0.1, 0.15) is 31.2 Å². The zero-order chi connectivity index (χ0) is 12.4. The van der Waals surface area contributed by atoms with E-state index in [1.54, 1.807) is 0 Å². The lowest BCUT2D eigenvalue weighted by Gasteiger charge is -2.16. The van der Waals surface area contributed by atoms with Crippen LogP contribution < -0.4 is 5.32 Å². The molecule has 0 bridgehead atoms. The van der Waals surface area contributed by atoms with Crippen molar-refractivity contribution in [1.82, 2.24) is 19.9 Å². The van der Waals surface area contributed by atoms with E-state index in [1.165, 1.54) is 5.56 Å². The summed E-state index contributed by atoms with van der Waals surface area (Å²) in [5.41, 5.74) is 2.13. The summed E-state index contributed by atoms with van der Waals surface area (Å²) in [6, 6.07) is 4.07. The number of hydrogen-bond donors (Lipinski definition) is 1. The summed E-state index contributed by atoms with van der Waals surface area (Å²) >= 11 is 0. The molecule has 0 fully saturated rings. The van der Waals surface area contributed by atoms with Gasteiger partial charge in [0.05, 0.1) is 0 Å². The highest BCUT2D eigenvalue weighted by Gasteiger charge is 2.20. The Morgan fingerprint density at radius 3 is 2.76 bits per heavy atom. The van der Waals surface area contributed by atoms with Crippen LogP contribution in [-0.2, 0) is 0 Å². The molecule has 0 aromatic carbocycles. The number of pyridine rings is 1. The average molecular weight is 232 g/mol. The Hall–Kier alpha value is -1.42. The van der Waals surface area contributed by atoms with E-state index in [4.69, 9.17) is 0 Å². The molecule has 0 saturated heterocycles. The second-order valence-electron chi connectivity index (χ2n) is 4.84. The van der Waals surface area contributed by atoms with Crippen LogP contribution in [0, 0.1) is 12.8 Å². The van der Waals surface area contributed by atoms with Crippen molar-refractivity contribution in [1.29, 1.82) is 0 Å². The third-order valence-electron chi connectivity index (χ3n) is 3.13. The molecule has 0 aliphatic heterocycles. The van der Waals surface area contributed by atoms with Crippen molar-refractivity contribution in [2.75, 3.05) is 13.6 Å². The predicted molar refractivity (Wildman–Crippen MR) is 69.2 cm³/mol. The molecular weight excluding hydrogens is 212 g/mol. The molecule has 0 saturated carbocycles. The van der Waals surface area contributed by atoms with E-state index in [0.717, 1.165) is 18.0 Å². The first-order valence-corrected chi connectivity index (χ1v) is 6.10. The second kappa shape index (κ2) is 4.84. The largest absolute Gasteiger partial charge is 0.319 e. The minimum absolute atomic E-state index is 0.360. The third-order valence-corrected chi connectivity index (χ3v) is 3.13. The zero-order valence-corrected chi connectivity index (χ0v) is 10.9. The van der Waals surface area contributed by atoms with Gasteiger partial charge in [0.25, 0.3) is 0 Å². The van der Waals surface area contributed by atoms with Gasteiger partial charge in [-0.15, -0.1) is 0 Å². The fourth-order valence-electron chi connectivity index (χ4n) is 2.06. The van der Waals surface area contributed by atoms with Crippen molar-refractivity contribution in [3.63, 3.8) is 0 Å². The molecule has 4 nitrogen and oxygen atoms in total. The molecular formula is C13H20N4. The van der Waals surface area contributed by atoms with E-state index < -0.39 is 0 Å². The minimum Gasteiger partial charge on any atom is -0.319 e. The average Bonchev–Trinajstić information content (AvgIpc) is 2.70. The van der Waals surface area contributed by atoms with Crippen LogP contribution in [-0.4, -0.2) is 28.2 Å². The maximum absolute atomic E-state index is 4.66. The molecule has 2 heterocycles. The Morgan fingerprint density at radius 2 is 2.18 bits per heavy atom. The maximum Gasteiger partial charge on any atom is 0.158 e. The topological polar surface area (TPSA) is 42.2 Å². The van der Waals surface area contributed by atoms with Gasteiger partial charge in [-0.1, -0.05) is 19.9 Å². The lowest BCUT2D eigenvalue weighted by Crippen LogP contribution is -2.22. The third kappa shape index (κ3) is 2.31. The zero-order valence-electron chi connectivity index (χ0n) is 10.9. The number of likely N-dealkylation sites (N-methyl/N-ethyl adjacent to an activating group) is 1. The summed E-state index contributed by atoms with van der Waals surface area (Å²) < 4.78 is 1.87. The quantitative estimate of drug-likeness (QED) is 0.876. The highest BCUT2D eigenvalue weighted by molar-refractivity contribution is 5.46. The van der Waals surface area contributed by atoms with Gasteiger partial charge in [-0.25, -0.2) is 9.50 Å². The SMILES string of the molecule is CNCC(c1nc2c(C)cccn2n1)C(C)C. The molecule has 1 unspecified atom stereocenters. The Kier molecular flexibility index (Phi) is 3.43. The van der Waals surface area contributed by atoms with Crippen LogP contribution >= 0.6 is 0 Å². The van der Waals surface area contributed by atoms with Crippen LogP contribution in [0.5, 0.6) is 0 Å². The number of rotatable bonds is 4. The molecule has 2 rings (SSSR count). The number of nitrogens with zero attached hydrogens (tertiary/aromatic N) is 3. The maximum atomic E-state index is 4.66. The molecule has 2 aromatic heterocycles. The van der Waals surface area contributed by atoms with Gasteiger partial charge in [0.1, 0.15) is 0 Å². The van der Waals surface area contributed by atoms with Crippen molar-refractivity contribution < 1.29 is 0 Å². The first kappa shape index (κ1) is 12.0. The smallest absolute Gasteiger partial charge is 0.158 e. The van der Waals surface area contributed by atoms with Crippen LogP contribution in [0.2, 0.25) is 0 Å². The van der Waals surface area contributed by atoms with E-state index in [9.17, 15) is 0 Å². The molecule has 17 heavy (non-hydrogen) atoms. The Balaban J connectivity index is 2.44. The van der Waals surface area contributed by atoms with E-state index in [-0.39, 0.29) is 0 Å². The summed E-state index contributed by atoms with van der Waals surface area (Å²) in [6.07, 6.45) is 1.95. The molecule has 4 heteroatoms. The van der Waals surface area contributed by atoms with E-state index in [2.05, 4.69) is 42.2 Å². The van der Waals surface area contributed by atoms with Crippen molar-refractivity contribution in [3.8, 4) is 0 Å². The van der Waals surface area contributed by atoms with Crippen LogP contribution in [0.25, 0.3) is 5.65 Å². The van der Waals surface area contributed by atoms with Crippen molar-refractivity contribution in [2.24, 2.45) is 5.92 Å². The molecule has 0 amide bonds. The Bertz CT molecular complexity index is 501. The predicted octanol–water partition coefficient (Wildman–Crippen LogP) is 2.00. The van der Waals surface area contributed by atoms with Crippen LogP contribution in [0.15, 0.2) is 18.3 Å². The molecule has 1 N–H and O–H groups in total. The van der Waals surface area contributed by atoms with Crippen molar-refractivity contribution in [3.05, 3.63) is 29.7 Å². The number of aromatic nitrogens is 3. The van der Waals surface area contributed by atoms with Gasteiger partial charge in [0, 0.05) is 18.7 Å². The summed E-state index contributed by atoms with van der Waals surface area (Å²) in [4.78, 5) is 4.66. The number of aryl methyl sites for hydroxylation is 1. The number of hydrogen-bond acceptors (Lipinski definition) is 3. The molecule has 2 aromatic rings. The molecule has 0 aliphatic carbocycles. The lowest BCUT2D eigenvalue weighted by molar-refractivity contribution is 0.458. The first-order valence-electron chi connectivity index (χ1n) is 6.10. The summed E-state index contributed by atoms with van der Waals surface area (Å²) in [5.74, 6) is 1.82. The van der Waals surface area contributed by atoms with Gasteiger partial charge in [-0.05, 0) is 31.5 Å². The summed E-state index contributed by atoms with van der Waals surface area (Å²) in [5, 5.41) is 7.80. The van der Waals surface area contributed by atoms with Crippen LogP contribution in [0.4, 0.5) is 0 Å². The van der Waals surface area contributed by atoms with Gasteiger partial charge in [0.2, 0.25) is 0 Å². The van der Waals surface area contributed by atoms with Crippen molar-refractivity contribution >= 4 is 5.65 Å². The first-order chi connectivity index (χ1) is 8.13. The normalized spacial score (nSPS) is 13.5. The van der Waals surface area contributed by atoms with Crippen molar-refractivity contribution in [2.45, 2.75) is 26.7 Å². The Labute approximate surface area is 102 Å². The van der Waals surface area contributed by atoms with E-state index in [0.29, 0.717) is 11.8 Å². The second-order valence-corrected chi connectivity index (χ2v) is 4.84. The van der Waals surface area contributed by atoms with Gasteiger partial charge in [-0.2, -0.15) is 5.10 Å². The summed E-state index contributed by atoms with van der Waals surface area (Å²) in [6.45, 7) is 7.39. The highest BCUT2D eigenvalue weighted by atomic mass is 15.3. The van der Waals surface area contributed by atoms with Gasteiger partial charge >= 0.3 is 0 Å². The van der Waals surface area contributed by atoms with Gasteiger partial charge in [0.15, 0.2) is 11.5 Å². The van der Waals surface area contributed by atoms with E-state index >= 15 is 0 Å².